The Labute approximate surface area is 160 Å². The van der Waals surface area contributed by atoms with Crippen molar-refractivity contribution in [1.82, 2.24) is 14.5 Å². The molecule has 1 aromatic rings. The van der Waals surface area contributed by atoms with E-state index in [4.69, 9.17) is 0 Å². The van der Waals surface area contributed by atoms with Gasteiger partial charge in [-0.2, -0.15) is 4.98 Å². The Morgan fingerprint density at radius 3 is 2.46 bits per heavy atom. The van der Waals surface area contributed by atoms with Crippen LogP contribution in [0.25, 0.3) is 0 Å². The molecule has 0 bridgehead atoms. The fourth-order valence-electron chi connectivity index (χ4n) is 3.74. The van der Waals surface area contributed by atoms with Gasteiger partial charge in [-0.15, -0.1) is 0 Å². The molecule has 0 atom stereocenters. The monoisotopic (exact) mass is 381 g/mol. The maximum atomic E-state index is 12.5. The summed E-state index contributed by atoms with van der Waals surface area (Å²) in [6.45, 7) is 1.94. The molecule has 1 aromatic heterocycles. The lowest BCUT2D eigenvalue weighted by Crippen LogP contribution is -2.34. The van der Waals surface area contributed by atoms with Gasteiger partial charge in [0.15, 0.2) is 0 Å². The number of rotatable bonds is 5. The lowest BCUT2D eigenvalue weighted by atomic mass is 9.97. The van der Waals surface area contributed by atoms with Crippen LogP contribution in [-0.4, -0.2) is 50.9 Å². The molecule has 0 radical (unpaired) electrons. The zero-order valence-corrected chi connectivity index (χ0v) is 15.5. The Balaban J connectivity index is 0.00000243. The number of aliphatic hydroxyl groups excluding tert-OH is 1. The van der Waals surface area contributed by atoms with Gasteiger partial charge in [-0.1, -0.05) is 32.0 Å². The van der Waals surface area contributed by atoms with Crippen molar-refractivity contribution in [2.24, 2.45) is 0 Å². The molecule has 0 saturated carbocycles. The molecule has 6 nitrogen and oxygen atoms in total. The third-order valence-corrected chi connectivity index (χ3v) is 6.07. The fraction of sp³-hybridized carbons (Fsp3) is 0.737. The van der Waals surface area contributed by atoms with Crippen molar-refractivity contribution in [3.63, 3.8) is 0 Å². The molecule has 146 valence electrons. The first-order valence-electron chi connectivity index (χ1n) is 9.34. The first-order valence-corrected chi connectivity index (χ1v) is 10.3. The topological polar surface area (TPSA) is 75.4 Å². The molecule has 7 heteroatoms. The highest BCUT2D eigenvalue weighted by molar-refractivity contribution is 7.99. The van der Waals surface area contributed by atoms with Gasteiger partial charge < -0.3 is 10.0 Å². The summed E-state index contributed by atoms with van der Waals surface area (Å²) >= 11 is 1.41. The Hall–Kier alpha value is -1.34. The van der Waals surface area contributed by atoms with E-state index < -0.39 is 0 Å². The zero-order valence-electron chi connectivity index (χ0n) is 14.7. The third kappa shape index (κ3) is 4.88. The number of carbonyl (C=O) groups is 1. The van der Waals surface area contributed by atoms with Crippen LogP contribution in [0.4, 0.5) is 0 Å². The minimum Gasteiger partial charge on any atom is -0.395 e. The van der Waals surface area contributed by atoms with E-state index in [2.05, 4.69) is 4.98 Å². The van der Waals surface area contributed by atoms with Crippen LogP contribution in [0.5, 0.6) is 0 Å². The third-order valence-electron chi connectivity index (χ3n) is 5.07. The van der Waals surface area contributed by atoms with Gasteiger partial charge >= 0.3 is 5.69 Å². The number of hydrogen-bond acceptors (Lipinski definition) is 5. The van der Waals surface area contributed by atoms with E-state index in [-0.39, 0.29) is 25.6 Å². The van der Waals surface area contributed by atoms with E-state index in [1.807, 2.05) is 4.90 Å². The summed E-state index contributed by atoms with van der Waals surface area (Å²) in [7, 11) is 0. The van der Waals surface area contributed by atoms with E-state index in [1.165, 1.54) is 24.6 Å². The average molecular weight is 382 g/mol. The van der Waals surface area contributed by atoms with Crippen LogP contribution in [0, 0.1) is 0 Å². The van der Waals surface area contributed by atoms with Gasteiger partial charge in [-0.25, -0.2) is 4.79 Å². The van der Waals surface area contributed by atoms with Crippen LogP contribution in [0.2, 0.25) is 0 Å². The number of thioether (sulfide) groups is 1. The number of carbonyl (C=O) groups excluding carboxylic acids is 1. The van der Waals surface area contributed by atoms with E-state index >= 15 is 0 Å². The number of likely N-dealkylation sites (tertiary alicyclic amines) is 1. The van der Waals surface area contributed by atoms with Crippen molar-refractivity contribution < 1.29 is 9.90 Å². The molecule has 1 fully saturated rings. The molecule has 2 heterocycles. The van der Waals surface area contributed by atoms with Gasteiger partial charge in [0.05, 0.1) is 18.9 Å². The molecular formula is C19H31N3O3S. The molecule has 3 rings (SSSR count). The van der Waals surface area contributed by atoms with Gasteiger partial charge in [0.1, 0.15) is 5.03 Å². The Kier molecular flexibility index (Phi) is 8.15. The Morgan fingerprint density at radius 1 is 1.08 bits per heavy atom. The fourth-order valence-corrected chi connectivity index (χ4v) is 4.72. The van der Waals surface area contributed by atoms with Crippen LogP contribution >= 0.6 is 11.8 Å². The summed E-state index contributed by atoms with van der Waals surface area (Å²) in [6, 6.07) is 0. The van der Waals surface area contributed by atoms with Crippen molar-refractivity contribution in [3.05, 3.63) is 21.7 Å². The van der Waals surface area contributed by atoms with E-state index in [9.17, 15) is 14.7 Å². The van der Waals surface area contributed by atoms with Crippen molar-refractivity contribution >= 4 is 17.7 Å². The SMILES string of the molecule is C.O=C(CSc1nc(=O)n(CCO)c2c1CCCC2)N1CCCCCC1. The van der Waals surface area contributed by atoms with E-state index in [1.54, 1.807) is 4.57 Å². The summed E-state index contributed by atoms with van der Waals surface area (Å²) in [5, 5.41) is 9.93. The van der Waals surface area contributed by atoms with Crippen molar-refractivity contribution in [3.8, 4) is 0 Å². The maximum Gasteiger partial charge on any atom is 0.348 e. The lowest BCUT2D eigenvalue weighted by molar-refractivity contribution is -0.128. The smallest absolute Gasteiger partial charge is 0.348 e. The molecule has 26 heavy (non-hydrogen) atoms. The molecule has 1 saturated heterocycles. The Morgan fingerprint density at radius 2 is 1.77 bits per heavy atom. The minimum absolute atomic E-state index is 0. The number of amides is 1. The van der Waals surface area contributed by atoms with Crippen LogP contribution < -0.4 is 5.69 Å². The second-order valence-electron chi connectivity index (χ2n) is 6.79. The van der Waals surface area contributed by atoms with Gasteiger partial charge in [0, 0.05) is 24.3 Å². The number of fused-ring (bicyclic) bond motifs is 1. The highest BCUT2D eigenvalue weighted by atomic mass is 32.2. The quantitative estimate of drug-likeness (QED) is 0.625. The van der Waals surface area contributed by atoms with Crippen molar-refractivity contribution in [2.75, 3.05) is 25.4 Å². The number of aromatic nitrogens is 2. The predicted molar refractivity (Wildman–Crippen MR) is 105 cm³/mol. The summed E-state index contributed by atoms with van der Waals surface area (Å²) in [5.74, 6) is 0.501. The maximum absolute atomic E-state index is 12.5. The molecule has 0 aromatic carbocycles. The van der Waals surface area contributed by atoms with Gasteiger partial charge in [-0.05, 0) is 38.5 Å². The number of aliphatic hydroxyl groups is 1. The zero-order chi connectivity index (χ0) is 17.6. The first kappa shape index (κ1) is 21.0. The first-order chi connectivity index (χ1) is 12.2. The van der Waals surface area contributed by atoms with E-state index in [0.29, 0.717) is 12.3 Å². The number of hydrogen-bond donors (Lipinski definition) is 1. The van der Waals surface area contributed by atoms with Crippen LogP contribution in [0.3, 0.4) is 0 Å². The summed E-state index contributed by atoms with van der Waals surface area (Å²) < 4.78 is 1.61. The second-order valence-corrected chi connectivity index (χ2v) is 7.75. The molecular weight excluding hydrogens is 350 g/mol. The largest absolute Gasteiger partial charge is 0.395 e. The average Bonchev–Trinajstić information content (AvgIpc) is 2.92. The van der Waals surface area contributed by atoms with Gasteiger partial charge in [0.2, 0.25) is 5.91 Å². The lowest BCUT2D eigenvalue weighted by Gasteiger charge is -2.23. The minimum atomic E-state index is -0.306. The van der Waals surface area contributed by atoms with E-state index in [0.717, 1.165) is 67.9 Å². The highest BCUT2D eigenvalue weighted by Gasteiger charge is 2.22. The molecule has 1 N–H and O–H groups in total. The van der Waals surface area contributed by atoms with Crippen molar-refractivity contribution in [1.29, 1.82) is 0 Å². The van der Waals surface area contributed by atoms with Crippen LogP contribution in [0.1, 0.15) is 57.2 Å². The standard InChI is InChI=1S/C18H27N3O3S.CH4/c22-12-11-21-15-8-4-3-7-14(15)17(19-18(21)24)25-13-16(23)20-9-5-1-2-6-10-20;/h22H,1-13H2;1H4. The Bertz CT molecular complexity index is 667. The molecule has 1 aliphatic carbocycles. The molecule has 1 amide bonds. The molecule has 0 unspecified atom stereocenters. The molecule has 1 aliphatic heterocycles. The number of nitrogens with zero attached hydrogens (tertiary/aromatic N) is 3. The normalized spacial score (nSPS) is 17.2. The van der Waals surface area contributed by atoms with Crippen molar-refractivity contribution in [2.45, 2.75) is 70.4 Å². The second kappa shape index (κ2) is 10.1. The van der Waals surface area contributed by atoms with Crippen LogP contribution in [-0.2, 0) is 24.2 Å². The van der Waals surface area contributed by atoms with Gasteiger partial charge in [0.25, 0.3) is 0 Å². The summed E-state index contributed by atoms with van der Waals surface area (Å²) in [5.41, 5.74) is 1.80. The van der Waals surface area contributed by atoms with Crippen LogP contribution in [0.15, 0.2) is 9.82 Å². The molecule has 2 aliphatic rings. The summed E-state index contributed by atoms with van der Waals surface area (Å²) in [4.78, 5) is 31.0. The summed E-state index contributed by atoms with van der Waals surface area (Å²) in [6.07, 6.45) is 8.46. The molecule has 0 spiro atoms. The predicted octanol–water partition coefficient (Wildman–Crippen LogP) is 2.25. The highest BCUT2D eigenvalue weighted by Crippen LogP contribution is 2.28. The van der Waals surface area contributed by atoms with Gasteiger partial charge in [-0.3, -0.25) is 9.36 Å².